The second-order valence-electron chi connectivity index (χ2n) is 5.67. The number of imidazole rings is 1. The molecule has 2 aromatic heterocycles. The fourth-order valence-electron chi connectivity index (χ4n) is 1.79. The minimum atomic E-state index is -0.469. The molecule has 0 aliphatic rings. The van der Waals surface area contributed by atoms with E-state index in [1.54, 1.807) is 13.3 Å². The van der Waals surface area contributed by atoms with E-state index in [0.29, 0.717) is 28.8 Å². The Kier molecular flexibility index (Phi) is 3.30. The van der Waals surface area contributed by atoms with E-state index in [9.17, 15) is 4.39 Å². The molecule has 0 saturated heterocycles. The van der Waals surface area contributed by atoms with Crippen LogP contribution in [-0.2, 0) is 6.54 Å². The number of rotatable bonds is 3. The zero-order valence-electron chi connectivity index (χ0n) is 11.8. The molecule has 0 atom stereocenters. The Labute approximate surface area is 112 Å². The molecule has 2 heterocycles. The van der Waals surface area contributed by atoms with Crippen molar-refractivity contribution in [3.8, 4) is 0 Å². The number of halogens is 1. The first-order chi connectivity index (χ1) is 8.80. The Balaban J connectivity index is 2.31. The van der Waals surface area contributed by atoms with E-state index in [1.807, 2.05) is 0 Å². The fourth-order valence-corrected chi connectivity index (χ4v) is 1.79. The minimum Gasteiger partial charge on any atom is -0.384 e. The lowest BCUT2D eigenvalue weighted by Gasteiger charge is -2.23. The predicted molar refractivity (Wildman–Crippen MR) is 74.0 cm³/mol. The van der Waals surface area contributed by atoms with Gasteiger partial charge in [0.25, 0.3) is 0 Å². The molecule has 0 aromatic carbocycles. The normalized spacial score (nSPS) is 11.8. The van der Waals surface area contributed by atoms with E-state index in [4.69, 9.17) is 0 Å². The second kappa shape index (κ2) is 4.64. The highest BCUT2D eigenvalue weighted by Gasteiger charge is 2.17. The predicted octanol–water partition coefficient (Wildman–Crippen LogP) is 3.05. The van der Waals surface area contributed by atoms with Crippen LogP contribution in [0.3, 0.4) is 0 Å². The third-order valence-corrected chi connectivity index (χ3v) is 3.18. The van der Waals surface area contributed by atoms with Gasteiger partial charge in [0.15, 0.2) is 0 Å². The average Bonchev–Trinajstić information content (AvgIpc) is 2.76. The number of aromatic amines is 1. The maximum absolute atomic E-state index is 14.0. The molecule has 2 N–H and O–H groups in total. The highest BCUT2D eigenvalue weighted by molar-refractivity contribution is 5.79. The van der Waals surface area contributed by atoms with E-state index in [1.165, 1.54) is 0 Å². The van der Waals surface area contributed by atoms with Crippen molar-refractivity contribution in [3.05, 3.63) is 35.8 Å². The summed E-state index contributed by atoms with van der Waals surface area (Å²) in [6, 6.07) is 0. The lowest BCUT2D eigenvalue weighted by atomic mass is 9.93. The molecule has 0 aliphatic carbocycles. The molecule has 0 unspecified atom stereocenters. The maximum Gasteiger partial charge on any atom is 0.220 e. The fraction of sp³-hybridized carbons (Fsp3) is 0.429. The van der Waals surface area contributed by atoms with Gasteiger partial charge < -0.3 is 10.3 Å². The third-order valence-electron chi connectivity index (χ3n) is 3.18. The SMILES string of the molecule is C=C(NCc1c(F)nc(C)c2nc[nH]c12)C(C)(C)C. The summed E-state index contributed by atoms with van der Waals surface area (Å²) in [7, 11) is 0. The largest absolute Gasteiger partial charge is 0.384 e. The van der Waals surface area contributed by atoms with E-state index in [-0.39, 0.29) is 5.41 Å². The van der Waals surface area contributed by atoms with Crippen LogP contribution in [0.1, 0.15) is 32.0 Å². The van der Waals surface area contributed by atoms with Crippen LogP contribution in [0.4, 0.5) is 4.39 Å². The van der Waals surface area contributed by atoms with E-state index < -0.39 is 5.95 Å². The molecule has 0 aliphatic heterocycles. The van der Waals surface area contributed by atoms with E-state index in [0.717, 1.165) is 5.70 Å². The number of hydrogen-bond donors (Lipinski definition) is 2. The number of aryl methyl sites for hydroxylation is 1. The van der Waals surface area contributed by atoms with Crippen molar-refractivity contribution in [2.45, 2.75) is 34.2 Å². The summed E-state index contributed by atoms with van der Waals surface area (Å²) in [4.78, 5) is 11.0. The molecule has 0 amide bonds. The molecule has 0 radical (unpaired) electrons. The molecule has 2 aromatic rings. The van der Waals surface area contributed by atoms with Crippen LogP contribution in [0.5, 0.6) is 0 Å². The third kappa shape index (κ3) is 2.59. The summed E-state index contributed by atoms with van der Waals surface area (Å²) in [6.07, 6.45) is 1.56. The van der Waals surface area contributed by atoms with Crippen LogP contribution in [0.2, 0.25) is 0 Å². The summed E-state index contributed by atoms with van der Waals surface area (Å²) >= 11 is 0. The number of aromatic nitrogens is 3. The average molecular weight is 262 g/mol. The number of nitrogens with one attached hydrogen (secondary N) is 2. The van der Waals surface area contributed by atoms with Crippen molar-refractivity contribution >= 4 is 11.0 Å². The summed E-state index contributed by atoms with van der Waals surface area (Å²) in [6.45, 7) is 12.2. The molecular formula is C14H19FN4. The molecule has 0 bridgehead atoms. The van der Waals surface area contributed by atoms with Gasteiger partial charge in [0.2, 0.25) is 5.95 Å². The van der Waals surface area contributed by atoms with Crippen molar-refractivity contribution in [3.63, 3.8) is 0 Å². The number of pyridine rings is 1. The van der Waals surface area contributed by atoms with Crippen LogP contribution >= 0.6 is 0 Å². The van der Waals surface area contributed by atoms with Crippen molar-refractivity contribution in [2.24, 2.45) is 5.41 Å². The number of nitrogens with zero attached hydrogens (tertiary/aromatic N) is 2. The van der Waals surface area contributed by atoms with Crippen molar-refractivity contribution in [1.82, 2.24) is 20.3 Å². The quantitative estimate of drug-likeness (QED) is 0.836. The summed E-state index contributed by atoms with van der Waals surface area (Å²) < 4.78 is 14.0. The number of fused-ring (bicyclic) bond motifs is 1. The zero-order chi connectivity index (χ0) is 14.2. The lowest BCUT2D eigenvalue weighted by molar-refractivity contribution is 0.457. The van der Waals surface area contributed by atoms with E-state index >= 15 is 0 Å². The molecular weight excluding hydrogens is 243 g/mol. The van der Waals surface area contributed by atoms with Gasteiger partial charge in [-0.25, -0.2) is 9.97 Å². The smallest absolute Gasteiger partial charge is 0.220 e. The summed E-state index contributed by atoms with van der Waals surface area (Å²) in [5, 5.41) is 3.16. The van der Waals surface area contributed by atoms with Crippen molar-refractivity contribution in [2.75, 3.05) is 0 Å². The van der Waals surface area contributed by atoms with Crippen LogP contribution in [-0.4, -0.2) is 15.0 Å². The zero-order valence-corrected chi connectivity index (χ0v) is 11.8. The molecule has 0 fully saturated rings. The monoisotopic (exact) mass is 262 g/mol. The number of allylic oxidation sites excluding steroid dienone is 1. The van der Waals surface area contributed by atoms with Gasteiger partial charge in [0.1, 0.15) is 5.52 Å². The minimum absolute atomic E-state index is 0.0678. The first-order valence-corrected chi connectivity index (χ1v) is 6.22. The molecule has 102 valence electrons. The number of H-pyrrole nitrogens is 1. The van der Waals surface area contributed by atoms with E-state index in [2.05, 4.69) is 47.6 Å². The van der Waals surface area contributed by atoms with Gasteiger partial charge in [-0.3, -0.25) is 0 Å². The molecule has 2 rings (SSSR count). The molecule has 0 spiro atoms. The first-order valence-electron chi connectivity index (χ1n) is 6.22. The second-order valence-corrected chi connectivity index (χ2v) is 5.67. The first kappa shape index (κ1) is 13.5. The Morgan fingerprint density at radius 2 is 2.16 bits per heavy atom. The highest BCUT2D eigenvalue weighted by Crippen LogP contribution is 2.23. The van der Waals surface area contributed by atoms with Crippen LogP contribution in [0.25, 0.3) is 11.0 Å². The molecule has 0 saturated carbocycles. The van der Waals surface area contributed by atoms with Gasteiger partial charge in [0, 0.05) is 17.7 Å². The van der Waals surface area contributed by atoms with Gasteiger partial charge in [-0.15, -0.1) is 0 Å². The standard InChI is InChI=1S/C14H19FN4/c1-8-11-12(18-7-17-11)10(13(15)19-8)6-16-9(2)14(3,4)5/h7,16H,2,6H2,1,3-5H3,(H,17,18). The Morgan fingerprint density at radius 1 is 1.47 bits per heavy atom. The van der Waals surface area contributed by atoms with Crippen LogP contribution in [0, 0.1) is 18.3 Å². The van der Waals surface area contributed by atoms with Gasteiger partial charge in [0.05, 0.1) is 23.1 Å². The van der Waals surface area contributed by atoms with Crippen LogP contribution in [0.15, 0.2) is 18.6 Å². The molecule has 19 heavy (non-hydrogen) atoms. The maximum atomic E-state index is 14.0. The van der Waals surface area contributed by atoms with Gasteiger partial charge >= 0.3 is 0 Å². The van der Waals surface area contributed by atoms with Gasteiger partial charge in [-0.05, 0) is 6.92 Å². The van der Waals surface area contributed by atoms with Gasteiger partial charge in [-0.2, -0.15) is 4.39 Å². The summed E-state index contributed by atoms with van der Waals surface area (Å²) in [5.74, 6) is -0.469. The van der Waals surface area contributed by atoms with Crippen LogP contribution < -0.4 is 5.32 Å². The highest BCUT2D eigenvalue weighted by atomic mass is 19.1. The number of hydrogen-bond acceptors (Lipinski definition) is 3. The Bertz CT molecular complexity index is 622. The molecule has 5 heteroatoms. The molecule has 4 nitrogen and oxygen atoms in total. The topological polar surface area (TPSA) is 53.6 Å². The van der Waals surface area contributed by atoms with Gasteiger partial charge in [-0.1, -0.05) is 27.4 Å². The van der Waals surface area contributed by atoms with Crippen molar-refractivity contribution < 1.29 is 4.39 Å². The van der Waals surface area contributed by atoms with Crippen molar-refractivity contribution in [1.29, 1.82) is 0 Å². The lowest BCUT2D eigenvalue weighted by Crippen LogP contribution is -2.23. The Morgan fingerprint density at radius 3 is 2.79 bits per heavy atom. The Hall–Kier alpha value is -1.91. The summed E-state index contributed by atoms with van der Waals surface area (Å²) in [5.41, 5.74) is 3.27.